The van der Waals surface area contributed by atoms with Crippen molar-refractivity contribution in [1.82, 2.24) is 4.90 Å². The van der Waals surface area contributed by atoms with Crippen molar-refractivity contribution in [2.45, 2.75) is 32.1 Å². The summed E-state index contributed by atoms with van der Waals surface area (Å²) in [5.41, 5.74) is 0. The molecular formula is C9H20NO3S2+. The first-order valence-corrected chi connectivity index (χ1v) is 8.41. The highest BCUT2D eigenvalue weighted by Gasteiger charge is 2.11. The Kier molecular flexibility index (Phi) is 5.99. The summed E-state index contributed by atoms with van der Waals surface area (Å²) >= 11 is 0. The average Bonchev–Trinajstić information content (AvgIpc) is 2.17. The molecule has 0 atom stereocenters. The molecule has 1 aliphatic rings. The summed E-state index contributed by atoms with van der Waals surface area (Å²) in [6.07, 6.45) is 5.89. The van der Waals surface area contributed by atoms with Gasteiger partial charge in [-0.1, -0.05) is 6.42 Å². The third kappa shape index (κ3) is 7.19. The van der Waals surface area contributed by atoms with E-state index in [0.29, 0.717) is 5.75 Å². The molecule has 0 amide bonds. The minimum absolute atomic E-state index is 0.555. The maximum atomic E-state index is 10.5. The lowest BCUT2D eigenvalue weighted by molar-refractivity contribution is 0.226. The molecule has 15 heavy (non-hydrogen) atoms. The molecule has 0 bridgehead atoms. The van der Waals surface area contributed by atoms with Crippen molar-refractivity contribution in [2.24, 2.45) is 0 Å². The molecule has 0 aromatic rings. The second-order valence-electron chi connectivity index (χ2n) is 3.88. The molecular weight excluding hydrogens is 234 g/mol. The molecule has 1 saturated heterocycles. The van der Waals surface area contributed by atoms with E-state index < -0.39 is 9.05 Å². The maximum absolute atomic E-state index is 10.5. The first-order chi connectivity index (χ1) is 7.08. The van der Waals surface area contributed by atoms with Gasteiger partial charge in [0, 0.05) is 6.42 Å². The molecule has 0 spiro atoms. The van der Waals surface area contributed by atoms with Crippen LogP contribution in [0.5, 0.6) is 0 Å². The molecule has 1 fully saturated rings. The second kappa shape index (κ2) is 6.75. The van der Waals surface area contributed by atoms with E-state index in [9.17, 15) is 4.21 Å². The van der Waals surface area contributed by atoms with Crippen molar-refractivity contribution in [3.05, 3.63) is 0 Å². The van der Waals surface area contributed by atoms with Crippen molar-refractivity contribution >= 4 is 19.4 Å². The van der Waals surface area contributed by atoms with Crippen LogP contribution in [-0.2, 0) is 19.4 Å². The van der Waals surface area contributed by atoms with Gasteiger partial charge >= 0.3 is 9.05 Å². The van der Waals surface area contributed by atoms with Gasteiger partial charge in [-0.15, -0.1) is 0 Å². The summed E-state index contributed by atoms with van der Waals surface area (Å²) in [5.74, 6) is 0.555. The van der Waals surface area contributed by atoms with E-state index in [-0.39, 0.29) is 0 Å². The van der Waals surface area contributed by atoms with Crippen molar-refractivity contribution in [1.29, 1.82) is 0 Å². The summed E-state index contributed by atoms with van der Waals surface area (Å²) < 4.78 is 27.7. The molecule has 4 nitrogen and oxygen atoms in total. The third-order valence-electron chi connectivity index (χ3n) is 2.55. The summed E-state index contributed by atoms with van der Waals surface area (Å²) in [7, 11) is -2.84. The smallest absolute Gasteiger partial charge is 0.303 e. The number of likely N-dealkylation sites (tertiary alicyclic amines) is 1. The molecule has 0 radical (unpaired) electrons. The van der Waals surface area contributed by atoms with Crippen molar-refractivity contribution in [3.8, 4) is 0 Å². The van der Waals surface area contributed by atoms with Crippen molar-refractivity contribution in [3.63, 3.8) is 0 Å². The van der Waals surface area contributed by atoms with Gasteiger partial charge in [-0.25, -0.2) is 0 Å². The van der Waals surface area contributed by atoms with E-state index in [4.69, 9.17) is 9.11 Å². The van der Waals surface area contributed by atoms with Gasteiger partial charge < -0.3 is 4.90 Å². The minimum atomic E-state index is -3.58. The largest absolute Gasteiger partial charge is 0.430 e. The highest BCUT2D eigenvalue weighted by Crippen LogP contribution is 2.09. The Labute approximate surface area is 95.3 Å². The minimum Gasteiger partial charge on any atom is -0.303 e. The number of hydrogen-bond acceptors (Lipinski definition) is 2. The Morgan fingerprint density at radius 1 is 1.13 bits per heavy atom. The van der Waals surface area contributed by atoms with Crippen LogP contribution in [0.4, 0.5) is 0 Å². The molecule has 6 heteroatoms. The van der Waals surface area contributed by atoms with Crippen LogP contribution in [0.15, 0.2) is 0 Å². The van der Waals surface area contributed by atoms with Gasteiger partial charge in [-0.05, 0) is 38.9 Å². The molecule has 0 unspecified atom stereocenters. The predicted molar refractivity (Wildman–Crippen MR) is 65.2 cm³/mol. The number of piperidine rings is 1. The van der Waals surface area contributed by atoms with Gasteiger partial charge in [0.15, 0.2) is 5.75 Å². The standard InChI is InChI=1S/C9H19NO3S2/c11-15(12,13)14-9-5-4-8-10-6-2-1-3-7-10/h1-9H2,(H-,11,12,13)/p+1. The Morgan fingerprint density at radius 2 is 1.80 bits per heavy atom. The normalized spacial score (nSPS) is 19.1. The Bertz CT molecular complexity index is 273. The SMILES string of the molecule is O=S(O)(O)=[S+]CCCCN1CCCCC1. The fourth-order valence-corrected chi connectivity index (χ4v) is 3.33. The van der Waals surface area contributed by atoms with Crippen LogP contribution >= 0.6 is 0 Å². The Balaban J connectivity index is 2.04. The highest BCUT2D eigenvalue weighted by molar-refractivity contribution is 8.34. The Hall–Kier alpha value is 0.250. The number of rotatable bonds is 5. The zero-order valence-electron chi connectivity index (χ0n) is 8.93. The number of hydrogen-bond donors (Lipinski definition) is 2. The molecule has 1 rings (SSSR count). The zero-order chi connectivity index (χ0) is 11.1. The second-order valence-corrected chi connectivity index (χ2v) is 7.43. The fraction of sp³-hybridized carbons (Fsp3) is 1.00. The fourth-order valence-electron chi connectivity index (χ4n) is 1.79. The van der Waals surface area contributed by atoms with E-state index in [2.05, 4.69) is 4.90 Å². The topological polar surface area (TPSA) is 60.8 Å². The summed E-state index contributed by atoms with van der Waals surface area (Å²) in [6.45, 7) is 3.48. The average molecular weight is 254 g/mol. The first kappa shape index (κ1) is 13.3. The molecule has 1 aliphatic heterocycles. The van der Waals surface area contributed by atoms with Crippen LogP contribution in [0.2, 0.25) is 0 Å². The van der Waals surface area contributed by atoms with Crippen LogP contribution in [0.3, 0.4) is 0 Å². The summed E-state index contributed by atoms with van der Waals surface area (Å²) in [4.78, 5) is 2.45. The Morgan fingerprint density at radius 3 is 2.40 bits per heavy atom. The third-order valence-corrected chi connectivity index (χ3v) is 4.74. The highest BCUT2D eigenvalue weighted by atomic mass is 32.9. The van der Waals surface area contributed by atoms with E-state index in [1.54, 1.807) is 0 Å². The van der Waals surface area contributed by atoms with E-state index >= 15 is 0 Å². The van der Waals surface area contributed by atoms with Crippen LogP contribution in [-0.4, -0.2) is 43.6 Å². The van der Waals surface area contributed by atoms with Gasteiger partial charge in [0.05, 0.1) is 0 Å². The molecule has 0 aromatic heterocycles. The van der Waals surface area contributed by atoms with Crippen LogP contribution in [0, 0.1) is 0 Å². The number of unbranched alkanes of at least 4 members (excludes halogenated alkanes) is 1. The van der Waals surface area contributed by atoms with Gasteiger partial charge in [-0.3, -0.25) is 9.11 Å². The lowest BCUT2D eigenvalue weighted by atomic mass is 10.1. The monoisotopic (exact) mass is 254 g/mol. The van der Waals surface area contributed by atoms with Crippen molar-refractivity contribution in [2.75, 3.05) is 25.4 Å². The lowest BCUT2D eigenvalue weighted by Crippen LogP contribution is -2.30. The predicted octanol–water partition coefficient (Wildman–Crippen LogP) is 1.48. The molecule has 90 valence electrons. The van der Waals surface area contributed by atoms with Gasteiger partial charge in [0.1, 0.15) is 0 Å². The summed E-state index contributed by atoms with van der Waals surface area (Å²) in [5, 5.41) is 0. The van der Waals surface area contributed by atoms with Gasteiger partial charge in [0.2, 0.25) is 0 Å². The molecule has 0 aromatic carbocycles. The van der Waals surface area contributed by atoms with E-state index in [0.717, 1.165) is 29.7 Å². The lowest BCUT2D eigenvalue weighted by Gasteiger charge is -2.25. The molecule has 2 N–H and O–H groups in total. The molecule has 0 saturated carbocycles. The van der Waals surface area contributed by atoms with Crippen LogP contribution in [0.25, 0.3) is 0 Å². The zero-order valence-corrected chi connectivity index (χ0v) is 10.6. The van der Waals surface area contributed by atoms with Gasteiger partial charge in [-0.2, -0.15) is 4.21 Å². The van der Waals surface area contributed by atoms with Crippen LogP contribution < -0.4 is 0 Å². The summed E-state index contributed by atoms with van der Waals surface area (Å²) in [6, 6.07) is 0. The van der Waals surface area contributed by atoms with E-state index in [1.165, 1.54) is 32.4 Å². The number of nitrogens with zero attached hydrogens (tertiary/aromatic N) is 1. The van der Waals surface area contributed by atoms with Crippen LogP contribution in [0.1, 0.15) is 32.1 Å². The molecule has 0 aliphatic carbocycles. The molecule has 1 heterocycles. The maximum Gasteiger partial charge on any atom is 0.430 e. The van der Waals surface area contributed by atoms with Gasteiger partial charge in [0.25, 0.3) is 10.3 Å². The quantitative estimate of drug-likeness (QED) is 0.576. The first-order valence-electron chi connectivity index (χ1n) is 5.44. The van der Waals surface area contributed by atoms with E-state index in [1.807, 2.05) is 0 Å². The van der Waals surface area contributed by atoms with Crippen molar-refractivity contribution < 1.29 is 13.3 Å².